The fourth-order valence-corrected chi connectivity index (χ4v) is 10.8. The normalized spacial score (nSPS) is 33.4. The highest BCUT2D eigenvalue weighted by Gasteiger charge is 2.61. The van der Waals surface area contributed by atoms with Gasteiger partial charge in [-0.15, -0.1) is 0 Å². The fourth-order valence-electron chi connectivity index (χ4n) is 10.8. The number of imide groups is 1. The molecule has 5 fully saturated rings. The zero-order valence-corrected chi connectivity index (χ0v) is 43.0. The number of nitrogens with zero attached hydrogens (tertiary/aromatic N) is 1. The van der Waals surface area contributed by atoms with E-state index in [-0.39, 0.29) is 36.7 Å². The third-order valence-electron chi connectivity index (χ3n) is 14.4. The zero-order valence-electron chi connectivity index (χ0n) is 43.0. The van der Waals surface area contributed by atoms with Crippen LogP contribution in [0, 0.1) is 0 Å². The Bertz CT molecular complexity index is 2850. The van der Waals surface area contributed by atoms with Crippen molar-refractivity contribution < 1.29 is 90.6 Å². The molecule has 11 rings (SSSR count). The maximum absolute atomic E-state index is 14.7. The standard InChI is InChI=1S/C58H59NO19/c1-31-45(75-57-49(66-28-34-16-8-5-9-17-34)44(62)46-41(74-57)29-67-54(76-46)35-18-10-6-11-19-35)50(70-32(2)60)51(71-33(3)61)58(69-31)78-48-43(59-52(63)39-22-14-15-23-40(39)53(59)64)56(72-38-26-24-37(65-4)25-27-38)73-42-30-68-55(77-47(42)48)36-20-12-7-13-21-36/h5-27,31,41-51,54-58,62H,28-30H2,1-4H3/t31-,41+,42+,43+,44-,45-,46-,47+,48+,49+,50+,51+,54?,55?,56+,57+,58-/m0/s1. The van der Waals surface area contributed by atoms with E-state index in [1.807, 2.05) is 91.0 Å². The summed E-state index contributed by atoms with van der Waals surface area (Å²) in [4.78, 5) is 57.1. The van der Waals surface area contributed by atoms with E-state index in [2.05, 4.69) is 0 Å². The summed E-state index contributed by atoms with van der Waals surface area (Å²) in [7, 11) is 1.52. The monoisotopic (exact) mass is 1070 g/mol. The highest BCUT2D eigenvalue weighted by Crippen LogP contribution is 2.43. The maximum Gasteiger partial charge on any atom is 0.303 e. The SMILES string of the molecule is COc1ccc(O[C@@H]2O[C@@H]3COC(c4ccccc4)O[C@H]3[C@H](O[C@@H]3O[C@@H](C)[C@H](O[C@H]4O[C@@H]5COC(c6ccccc6)O[C@@H]5[C@H](O)[C@H]4OCc4ccccc4)[C@@H](OC(C)=O)[C@H]3OC(C)=O)[C@H]2N2C(=O)c3ccccc3C2=O)cc1. The van der Waals surface area contributed by atoms with E-state index in [1.165, 1.54) is 14.0 Å². The lowest BCUT2D eigenvalue weighted by molar-refractivity contribution is -0.397. The molecule has 5 saturated heterocycles. The highest BCUT2D eigenvalue weighted by atomic mass is 16.8. The summed E-state index contributed by atoms with van der Waals surface area (Å²) in [6.07, 6.45) is -19.8. The average molecular weight is 1070 g/mol. The number of amides is 2. The molecule has 78 heavy (non-hydrogen) atoms. The molecular weight excluding hydrogens is 1010 g/mol. The van der Waals surface area contributed by atoms with Crippen molar-refractivity contribution in [2.24, 2.45) is 0 Å². The molecule has 0 bridgehead atoms. The van der Waals surface area contributed by atoms with E-state index in [4.69, 9.17) is 66.3 Å². The number of fused-ring (bicyclic) bond motifs is 3. The van der Waals surface area contributed by atoms with Crippen LogP contribution in [0.25, 0.3) is 0 Å². The van der Waals surface area contributed by atoms with Gasteiger partial charge in [0.05, 0.1) is 44.2 Å². The smallest absolute Gasteiger partial charge is 0.303 e. The Morgan fingerprint density at radius 2 is 1.06 bits per heavy atom. The molecule has 20 heteroatoms. The van der Waals surface area contributed by atoms with Crippen molar-refractivity contribution in [1.29, 1.82) is 0 Å². The van der Waals surface area contributed by atoms with Gasteiger partial charge in [-0.3, -0.25) is 24.1 Å². The number of carbonyl (C=O) groups is 4. The number of esters is 2. The first-order valence-corrected chi connectivity index (χ1v) is 25.8. The van der Waals surface area contributed by atoms with E-state index in [0.717, 1.165) is 23.0 Å². The largest absolute Gasteiger partial charge is 0.497 e. The number of aliphatic hydroxyl groups excluding tert-OH is 1. The van der Waals surface area contributed by atoms with Gasteiger partial charge in [0.15, 0.2) is 37.4 Å². The number of hydrogen-bond donors (Lipinski definition) is 1. The van der Waals surface area contributed by atoms with Crippen molar-refractivity contribution in [3.05, 3.63) is 167 Å². The summed E-state index contributed by atoms with van der Waals surface area (Å²) in [5.74, 6) is -2.13. The Morgan fingerprint density at radius 1 is 0.564 bits per heavy atom. The van der Waals surface area contributed by atoms with E-state index in [9.17, 15) is 24.3 Å². The summed E-state index contributed by atoms with van der Waals surface area (Å²) in [5, 5.41) is 12.2. The Morgan fingerprint density at radius 3 is 1.65 bits per heavy atom. The van der Waals surface area contributed by atoms with Crippen molar-refractivity contribution in [2.75, 3.05) is 20.3 Å². The Kier molecular flexibility index (Phi) is 16.0. The van der Waals surface area contributed by atoms with Crippen molar-refractivity contribution in [1.82, 2.24) is 4.90 Å². The van der Waals surface area contributed by atoms with Crippen LogP contribution in [0.5, 0.6) is 11.5 Å². The van der Waals surface area contributed by atoms with Crippen LogP contribution in [0.15, 0.2) is 140 Å². The summed E-state index contributed by atoms with van der Waals surface area (Å²) in [6.45, 7) is 3.91. The molecule has 1 N–H and O–H groups in total. The Hall–Kier alpha value is -6.66. The van der Waals surface area contributed by atoms with Gasteiger partial charge in [0.1, 0.15) is 66.4 Å². The highest BCUT2D eigenvalue weighted by molar-refractivity contribution is 6.21. The summed E-state index contributed by atoms with van der Waals surface area (Å²) in [5.41, 5.74) is 2.43. The number of benzene rings is 5. The molecule has 0 saturated carbocycles. The summed E-state index contributed by atoms with van der Waals surface area (Å²) < 4.78 is 90.0. The van der Waals surface area contributed by atoms with Gasteiger partial charge in [0.25, 0.3) is 11.8 Å². The quantitative estimate of drug-likeness (QED) is 0.0975. The predicted molar refractivity (Wildman–Crippen MR) is 268 cm³/mol. The van der Waals surface area contributed by atoms with Gasteiger partial charge in [0.2, 0.25) is 6.29 Å². The molecular formula is C58H59NO19. The molecule has 0 aliphatic carbocycles. The van der Waals surface area contributed by atoms with Crippen molar-refractivity contribution in [3.8, 4) is 11.5 Å². The number of carbonyl (C=O) groups excluding carboxylic acids is 4. The molecule has 6 aliphatic heterocycles. The van der Waals surface area contributed by atoms with Gasteiger partial charge in [0, 0.05) is 25.0 Å². The summed E-state index contributed by atoms with van der Waals surface area (Å²) in [6, 6.07) is 39.2. The minimum atomic E-state index is -1.65. The van der Waals surface area contributed by atoms with Gasteiger partial charge in [-0.05, 0) is 48.9 Å². The molecule has 2 unspecified atom stereocenters. The van der Waals surface area contributed by atoms with Crippen LogP contribution in [0.2, 0.25) is 0 Å². The second kappa shape index (κ2) is 23.4. The molecule has 0 spiro atoms. The lowest BCUT2D eigenvalue weighted by Crippen LogP contribution is -2.71. The molecule has 2 amide bonds. The number of aliphatic hydroxyl groups is 1. The van der Waals surface area contributed by atoms with Crippen LogP contribution in [-0.2, 0) is 73.0 Å². The lowest BCUT2D eigenvalue weighted by Gasteiger charge is -2.53. The number of hydrogen-bond acceptors (Lipinski definition) is 19. The molecule has 5 aromatic carbocycles. The second-order valence-corrected chi connectivity index (χ2v) is 19.6. The van der Waals surface area contributed by atoms with Crippen LogP contribution < -0.4 is 9.47 Å². The molecule has 6 aliphatic rings. The number of rotatable bonds is 15. The lowest BCUT2D eigenvalue weighted by atomic mass is 9.93. The molecule has 6 heterocycles. The van der Waals surface area contributed by atoms with Crippen LogP contribution >= 0.6 is 0 Å². The molecule has 17 atom stereocenters. The Balaban J connectivity index is 0.948. The van der Waals surface area contributed by atoms with Gasteiger partial charge < -0.3 is 71.4 Å². The van der Waals surface area contributed by atoms with Crippen molar-refractivity contribution >= 4 is 23.8 Å². The summed E-state index contributed by atoms with van der Waals surface area (Å²) >= 11 is 0. The maximum atomic E-state index is 14.7. The second-order valence-electron chi connectivity index (χ2n) is 19.6. The Labute approximate surface area is 449 Å². The molecule has 0 aromatic heterocycles. The third-order valence-corrected chi connectivity index (χ3v) is 14.4. The molecule has 20 nitrogen and oxygen atoms in total. The minimum Gasteiger partial charge on any atom is -0.497 e. The van der Waals surface area contributed by atoms with E-state index < -0.39 is 128 Å². The van der Waals surface area contributed by atoms with Crippen LogP contribution in [0.4, 0.5) is 0 Å². The molecule has 0 radical (unpaired) electrons. The van der Waals surface area contributed by atoms with Crippen LogP contribution in [-0.4, -0.2) is 146 Å². The van der Waals surface area contributed by atoms with Gasteiger partial charge >= 0.3 is 11.9 Å². The first-order valence-electron chi connectivity index (χ1n) is 25.8. The van der Waals surface area contributed by atoms with Crippen LogP contribution in [0.1, 0.15) is 70.8 Å². The topological polar surface area (TPSA) is 221 Å². The van der Waals surface area contributed by atoms with Gasteiger partial charge in [-0.1, -0.05) is 103 Å². The zero-order chi connectivity index (χ0) is 54.0. The molecule has 5 aromatic rings. The van der Waals surface area contributed by atoms with E-state index in [1.54, 1.807) is 55.5 Å². The van der Waals surface area contributed by atoms with Gasteiger partial charge in [-0.25, -0.2) is 0 Å². The number of ether oxygens (including phenoxy) is 14. The first kappa shape index (κ1) is 53.3. The average Bonchev–Trinajstić information content (AvgIpc) is 3.94. The van der Waals surface area contributed by atoms with Gasteiger partial charge in [-0.2, -0.15) is 0 Å². The first-order chi connectivity index (χ1) is 37.9. The predicted octanol–water partition coefficient (Wildman–Crippen LogP) is 5.74. The van der Waals surface area contributed by atoms with Crippen LogP contribution in [0.3, 0.4) is 0 Å². The fraction of sp³-hybridized carbons (Fsp3) is 0.414. The molecule has 410 valence electrons. The van der Waals surface area contributed by atoms with E-state index >= 15 is 0 Å². The van der Waals surface area contributed by atoms with Crippen molar-refractivity contribution in [3.63, 3.8) is 0 Å². The minimum absolute atomic E-state index is 0.00835. The number of methoxy groups -OCH3 is 1. The van der Waals surface area contributed by atoms with Crippen molar-refractivity contribution in [2.45, 2.75) is 132 Å². The third kappa shape index (κ3) is 11.0. The van der Waals surface area contributed by atoms with E-state index in [0.29, 0.717) is 11.3 Å².